The third-order valence-electron chi connectivity index (χ3n) is 8.14. The number of nitrogens with two attached hydrogens (primary N) is 3. The number of fused-ring (bicyclic) bond motifs is 2. The molecule has 1 aliphatic rings. The first-order chi connectivity index (χ1) is 25.3. The molecule has 0 saturated carbocycles. The molecule has 4 aromatic carbocycles. The first-order valence-corrected chi connectivity index (χ1v) is 16.6. The fourth-order valence-electron chi connectivity index (χ4n) is 5.86. The number of anilines is 3. The normalized spacial score (nSPS) is 15.4. The zero-order valence-corrected chi connectivity index (χ0v) is 29.4. The molecule has 0 amide bonds. The number of halogens is 5. The Morgan fingerprint density at radius 3 is 2.00 bits per heavy atom. The molecule has 1 atom stereocenters. The average Bonchev–Trinajstić information content (AvgIpc) is 3.60. The van der Waals surface area contributed by atoms with E-state index < -0.39 is 11.6 Å². The van der Waals surface area contributed by atoms with Crippen LogP contribution in [0.25, 0.3) is 33.7 Å². The minimum absolute atomic E-state index is 0.0162. The molecular weight excluding hydrogens is 728 g/mol. The molecule has 7 aromatic rings. The van der Waals surface area contributed by atoms with Crippen molar-refractivity contribution in [2.75, 3.05) is 11.1 Å². The summed E-state index contributed by atoms with van der Waals surface area (Å²) >= 11 is 11.7. The monoisotopic (exact) mass is 756 g/mol. The smallest absolute Gasteiger partial charge is 0.231 e. The van der Waals surface area contributed by atoms with Gasteiger partial charge in [-0.25, -0.2) is 28.1 Å². The number of aryl methyl sites for hydroxylation is 2. The van der Waals surface area contributed by atoms with Gasteiger partial charge in [-0.05, 0) is 68.4 Å². The first-order valence-electron chi connectivity index (χ1n) is 15.8. The van der Waals surface area contributed by atoms with Crippen molar-refractivity contribution in [2.45, 2.75) is 19.6 Å². The molecule has 3 aromatic heterocycles. The molecule has 12 nitrogen and oxygen atoms in total. The van der Waals surface area contributed by atoms with Crippen molar-refractivity contribution in [3.63, 3.8) is 0 Å². The molecule has 1 unspecified atom stereocenters. The van der Waals surface area contributed by atoms with E-state index in [0.717, 1.165) is 5.52 Å². The lowest BCUT2D eigenvalue weighted by Crippen LogP contribution is -2.52. The maximum Gasteiger partial charge on any atom is 0.231 e. The molecule has 8 N–H and O–H groups in total. The number of imidazole rings is 2. The number of nitrogens with zero attached hydrogens (tertiary/aromatic N) is 7. The van der Waals surface area contributed by atoms with Gasteiger partial charge in [-0.1, -0.05) is 35.3 Å². The van der Waals surface area contributed by atoms with E-state index >= 15 is 0 Å². The number of benzene rings is 4. The average molecular weight is 758 g/mol. The van der Waals surface area contributed by atoms with Crippen molar-refractivity contribution in [3.05, 3.63) is 136 Å². The molecule has 0 spiro atoms. The van der Waals surface area contributed by atoms with Gasteiger partial charge in [0.1, 0.15) is 52.4 Å². The highest BCUT2D eigenvalue weighted by atomic mass is 35.5. The summed E-state index contributed by atoms with van der Waals surface area (Å²) in [6.07, 6.45) is 1.67. The fraction of sp³-hybridized carbons (Fsp3) is 0.0833. The minimum Gasteiger partial charge on any atom is -0.384 e. The molecule has 268 valence electrons. The van der Waals surface area contributed by atoms with E-state index in [1.54, 1.807) is 66.1 Å². The lowest BCUT2D eigenvalue weighted by molar-refractivity contribution is 0.411. The lowest BCUT2D eigenvalue weighted by Gasteiger charge is -2.33. The van der Waals surface area contributed by atoms with Crippen LogP contribution in [0.3, 0.4) is 0 Å². The summed E-state index contributed by atoms with van der Waals surface area (Å²) in [6, 6.07) is 21.6. The van der Waals surface area contributed by atoms with Crippen LogP contribution in [0.15, 0.2) is 96.0 Å². The van der Waals surface area contributed by atoms with Gasteiger partial charge in [0.15, 0.2) is 0 Å². The second-order valence-corrected chi connectivity index (χ2v) is 12.8. The number of nitrogens with one attached hydrogen (secondary N) is 2. The number of amidine groups is 1. The van der Waals surface area contributed by atoms with E-state index in [0.29, 0.717) is 56.1 Å². The predicted octanol–water partition coefficient (Wildman–Crippen LogP) is 7.05. The van der Waals surface area contributed by atoms with E-state index in [4.69, 9.17) is 40.4 Å². The van der Waals surface area contributed by atoms with Crippen LogP contribution in [0.4, 0.5) is 30.6 Å². The van der Waals surface area contributed by atoms with Gasteiger partial charge in [-0.2, -0.15) is 9.97 Å². The van der Waals surface area contributed by atoms with E-state index in [1.165, 1.54) is 36.4 Å². The van der Waals surface area contributed by atoms with Crippen LogP contribution in [0.2, 0.25) is 10.0 Å². The standard InChI is InChI=1S/C18H13ClF2N6.C18H16ClFN6/c1-9-23-14-6-10(20)2-5-15(14)27(9)17-8-16(22)25-18(26-17)24-11-3-4-12(19)13(21)7-11;1-10-23-14-8-13(20)6-7-15(14)26(10)17-9-16(21)24-18(22,25-17)11-2-4-12(19)5-3-11/h2-8H,1H3,(H3,22,24,25,26);2-9,25H,22H2,1H3,(H2,21,24). The second kappa shape index (κ2) is 13.8. The Labute approximate surface area is 309 Å². The quantitative estimate of drug-likeness (QED) is 0.123. The number of aliphatic imine (C=N–C) groups is 1. The summed E-state index contributed by atoms with van der Waals surface area (Å²) in [4.78, 5) is 21.7. The van der Waals surface area contributed by atoms with E-state index in [2.05, 4.69) is 35.6 Å². The van der Waals surface area contributed by atoms with Crippen LogP contribution >= 0.6 is 23.2 Å². The summed E-state index contributed by atoms with van der Waals surface area (Å²) in [5.41, 5.74) is 22.0. The molecule has 1 aliphatic heterocycles. The number of rotatable bonds is 5. The van der Waals surface area contributed by atoms with Gasteiger partial charge in [0, 0.05) is 40.5 Å². The minimum atomic E-state index is -1.26. The van der Waals surface area contributed by atoms with E-state index in [1.807, 2.05) is 11.5 Å². The molecule has 4 heterocycles. The maximum atomic E-state index is 13.6. The maximum absolute atomic E-state index is 13.6. The molecular formula is C36H29Cl2F3N12. The molecule has 53 heavy (non-hydrogen) atoms. The van der Waals surface area contributed by atoms with Crippen molar-refractivity contribution in [1.29, 1.82) is 0 Å². The van der Waals surface area contributed by atoms with Gasteiger partial charge in [-0.15, -0.1) is 0 Å². The van der Waals surface area contributed by atoms with Crippen molar-refractivity contribution >= 4 is 74.4 Å². The third kappa shape index (κ3) is 7.17. The van der Waals surface area contributed by atoms with Crippen LogP contribution in [0, 0.1) is 31.3 Å². The Kier molecular flexibility index (Phi) is 9.15. The van der Waals surface area contributed by atoms with Crippen LogP contribution in [0.5, 0.6) is 0 Å². The Morgan fingerprint density at radius 1 is 0.736 bits per heavy atom. The summed E-state index contributed by atoms with van der Waals surface area (Å²) < 4.78 is 44.2. The number of nitrogen functional groups attached to an aromatic ring is 1. The van der Waals surface area contributed by atoms with Gasteiger partial charge in [0.25, 0.3) is 0 Å². The van der Waals surface area contributed by atoms with Crippen LogP contribution in [-0.4, -0.2) is 34.9 Å². The Balaban J connectivity index is 0.000000164. The summed E-state index contributed by atoms with van der Waals surface area (Å²) in [5, 5.41) is 6.71. The Morgan fingerprint density at radius 2 is 1.36 bits per heavy atom. The van der Waals surface area contributed by atoms with Crippen molar-refractivity contribution in [3.8, 4) is 5.82 Å². The van der Waals surface area contributed by atoms with Crippen LogP contribution in [0.1, 0.15) is 17.2 Å². The third-order valence-corrected chi connectivity index (χ3v) is 8.70. The lowest BCUT2D eigenvalue weighted by atomic mass is 10.1. The van der Waals surface area contributed by atoms with Gasteiger partial charge in [-0.3, -0.25) is 14.9 Å². The molecule has 0 fully saturated rings. The highest BCUT2D eigenvalue weighted by Crippen LogP contribution is 2.29. The van der Waals surface area contributed by atoms with Crippen molar-refractivity contribution in [2.24, 2.45) is 16.5 Å². The zero-order valence-electron chi connectivity index (χ0n) is 27.9. The number of hydrogen-bond donors (Lipinski definition) is 5. The number of hydrogen-bond acceptors (Lipinski definition) is 10. The summed E-state index contributed by atoms with van der Waals surface area (Å²) in [5.74, 6) is 0.424. The van der Waals surface area contributed by atoms with Crippen molar-refractivity contribution < 1.29 is 13.2 Å². The van der Waals surface area contributed by atoms with Gasteiger partial charge >= 0.3 is 0 Å². The zero-order chi connectivity index (χ0) is 37.6. The molecule has 0 saturated heterocycles. The highest BCUT2D eigenvalue weighted by Gasteiger charge is 2.32. The number of aromatic nitrogens is 6. The summed E-state index contributed by atoms with van der Waals surface area (Å²) in [6.45, 7) is 3.60. The SMILES string of the molecule is Cc1nc2cc(F)ccc2n1-c1cc(N)nc(Nc2ccc(Cl)c(F)c2)n1.Cc1nc2cc(F)ccc2n1C1=CC(N)=NC(N)(c2ccc(Cl)cc2)N1. The van der Waals surface area contributed by atoms with Gasteiger partial charge in [0.05, 0.1) is 27.1 Å². The largest absolute Gasteiger partial charge is 0.384 e. The highest BCUT2D eigenvalue weighted by molar-refractivity contribution is 6.31. The fourth-order valence-corrected chi connectivity index (χ4v) is 6.11. The molecule has 0 aliphatic carbocycles. The van der Waals surface area contributed by atoms with Gasteiger partial charge in [0.2, 0.25) is 11.7 Å². The molecule has 0 radical (unpaired) electrons. The van der Waals surface area contributed by atoms with E-state index in [-0.39, 0.29) is 34.3 Å². The molecule has 0 bridgehead atoms. The van der Waals surface area contributed by atoms with Gasteiger partial charge < -0.3 is 22.1 Å². The molecule has 8 rings (SSSR count). The second-order valence-electron chi connectivity index (χ2n) is 11.9. The van der Waals surface area contributed by atoms with E-state index in [9.17, 15) is 13.2 Å². The Bertz CT molecular complexity index is 2600. The summed E-state index contributed by atoms with van der Waals surface area (Å²) in [7, 11) is 0. The first kappa shape index (κ1) is 35.3. The topological polar surface area (TPSA) is 176 Å². The van der Waals surface area contributed by atoms with Crippen molar-refractivity contribution in [1.82, 2.24) is 34.4 Å². The Hall–Kier alpha value is -6.16. The van der Waals surface area contributed by atoms with Crippen LogP contribution in [-0.2, 0) is 5.79 Å². The molecule has 17 heteroatoms. The predicted molar refractivity (Wildman–Crippen MR) is 201 cm³/mol. The van der Waals surface area contributed by atoms with Crippen LogP contribution < -0.4 is 27.8 Å².